The first-order chi connectivity index (χ1) is 12.3. The number of ether oxygens (including phenoxy) is 1. The quantitative estimate of drug-likeness (QED) is 0.793. The van der Waals surface area contributed by atoms with E-state index >= 15 is 0 Å². The number of aryl methyl sites for hydroxylation is 1. The molecule has 2 aliphatic rings. The molecular weight excluding hydrogens is 349 g/mol. The fourth-order valence-electron chi connectivity index (χ4n) is 3.23. The minimum atomic E-state index is -4.45. The second-order valence-corrected chi connectivity index (χ2v) is 7.08. The van der Waals surface area contributed by atoms with Gasteiger partial charge in [-0.15, -0.1) is 0 Å². The van der Waals surface area contributed by atoms with Crippen LogP contribution in [0.15, 0.2) is 6.07 Å². The van der Waals surface area contributed by atoms with E-state index in [-0.39, 0.29) is 30.8 Å². The molecule has 1 saturated heterocycles. The van der Waals surface area contributed by atoms with Gasteiger partial charge in [0.15, 0.2) is 5.69 Å². The van der Waals surface area contributed by atoms with Crippen LogP contribution in [0.3, 0.4) is 0 Å². The lowest BCUT2D eigenvalue weighted by Crippen LogP contribution is -2.46. The number of rotatable bonds is 7. The van der Waals surface area contributed by atoms with Gasteiger partial charge in [0.2, 0.25) is 5.91 Å². The summed E-state index contributed by atoms with van der Waals surface area (Å²) in [5.74, 6) is -0.0292. The smallest absolute Gasteiger partial charge is 0.379 e. The molecule has 1 amide bonds. The number of aromatic nitrogens is 2. The Morgan fingerprint density at radius 2 is 2.08 bits per heavy atom. The number of morpholine rings is 1. The Morgan fingerprint density at radius 3 is 2.69 bits per heavy atom. The number of carbonyl (C=O) groups is 1. The number of nitrogens with zero attached hydrogens (tertiary/aromatic N) is 3. The molecule has 146 valence electrons. The Hall–Kier alpha value is -1.61. The zero-order valence-electron chi connectivity index (χ0n) is 14.9. The van der Waals surface area contributed by atoms with Gasteiger partial charge in [-0.05, 0) is 25.8 Å². The van der Waals surface area contributed by atoms with Crippen LogP contribution in [0.1, 0.15) is 43.5 Å². The lowest BCUT2D eigenvalue weighted by Gasteiger charge is -2.29. The molecule has 0 bridgehead atoms. The van der Waals surface area contributed by atoms with Gasteiger partial charge in [0, 0.05) is 50.3 Å². The Labute approximate surface area is 150 Å². The van der Waals surface area contributed by atoms with E-state index in [1.54, 1.807) is 0 Å². The van der Waals surface area contributed by atoms with E-state index in [0.29, 0.717) is 18.9 Å². The topological polar surface area (TPSA) is 59.4 Å². The molecule has 1 aliphatic heterocycles. The summed E-state index contributed by atoms with van der Waals surface area (Å²) < 4.78 is 45.3. The second-order valence-electron chi connectivity index (χ2n) is 7.08. The standard InChI is InChI=1S/C17H25F3N4O2/c1-12(11-23-6-8-26-9-7-23)21-16(25)4-5-24-14(13-2-3-13)10-15(22-24)17(18,19)20/h10,12-13H,2-9,11H2,1H3,(H,21,25). The van der Waals surface area contributed by atoms with Gasteiger partial charge in [-0.1, -0.05) is 0 Å². The first kappa shape index (κ1) is 19.2. The molecule has 1 saturated carbocycles. The van der Waals surface area contributed by atoms with Crippen LogP contribution in [0.5, 0.6) is 0 Å². The van der Waals surface area contributed by atoms with Gasteiger partial charge < -0.3 is 10.1 Å². The molecular formula is C17H25F3N4O2. The number of amides is 1. The molecule has 1 atom stereocenters. The highest BCUT2D eigenvalue weighted by atomic mass is 19.4. The molecule has 1 unspecified atom stereocenters. The maximum atomic E-state index is 12.9. The number of hydrogen-bond acceptors (Lipinski definition) is 4. The third kappa shape index (κ3) is 5.20. The number of alkyl halides is 3. The third-order valence-electron chi connectivity index (χ3n) is 4.69. The normalized spacial score (nSPS) is 20.2. The van der Waals surface area contributed by atoms with Gasteiger partial charge in [0.25, 0.3) is 0 Å². The molecule has 2 fully saturated rings. The van der Waals surface area contributed by atoms with E-state index < -0.39 is 11.9 Å². The van der Waals surface area contributed by atoms with Gasteiger partial charge in [0.1, 0.15) is 0 Å². The highest BCUT2D eigenvalue weighted by molar-refractivity contribution is 5.76. The summed E-state index contributed by atoms with van der Waals surface area (Å²) in [7, 11) is 0. The summed E-state index contributed by atoms with van der Waals surface area (Å²) in [6.45, 7) is 5.92. The van der Waals surface area contributed by atoms with Crippen molar-refractivity contribution >= 4 is 5.91 Å². The monoisotopic (exact) mass is 374 g/mol. The summed E-state index contributed by atoms with van der Waals surface area (Å²) in [6, 6.07) is 1.10. The summed E-state index contributed by atoms with van der Waals surface area (Å²) in [6.07, 6.45) is -2.58. The van der Waals surface area contributed by atoms with Crippen molar-refractivity contribution in [3.05, 3.63) is 17.5 Å². The molecule has 0 radical (unpaired) electrons. The van der Waals surface area contributed by atoms with Gasteiger partial charge in [-0.2, -0.15) is 18.3 Å². The third-order valence-corrected chi connectivity index (χ3v) is 4.69. The maximum absolute atomic E-state index is 12.9. The number of nitrogens with one attached hydrogen (secondary N) is 1. The molecule has 3 rings (SSSR count). The number of hydrogen-bond donors (Lipinski definition) is 1. The van der Waals surface area contributed by atoms with Gasteiger partial charge in [-0.25, -0.2) is 0 Å². The predicted octanol–water partition coefficient (Wildman–Crippen LogP) is 2.01. The van der Waals surface area contributed by atoms with Crippen molar-refractivity contribution in [3.63, 3.8) is 0 Å². The number of carbonyl (C=O) groups excluding carboxylic acids is 1. The van der Waals surface area contributed by atoms with E-state index in [1.807, 2.05) is 6.92 Å². The molecule has 6 nitrogen and oxygen atoms in total. The average molecular weight is 374 g/mol. The van der Waals surface area contributed by atoms with Crippen LogP contribution in [-0.4, -0.2) is 59.5 Å². The van der Waals surface area contributed by atoms with E-state index in [9.17, 15) is 18.0 Å². The summed E-state index contributed by atoms with van der Waals surface area (Å²) in [5.41, 5.74) is -0.285. The SMILES string of the molecule is CC(CN1CCOCC1)NC(=O)CCn1nc(C(F)(F)F)cc1C1CC1. The van der Waals surface area contributed by atoms with Crippen molar-refractivity contribution in [2.75, 3.05) is 32.8 Å². The molecule has 9 heteroatoms. The zero-order chi connectivity index (χ0) is 18.7. The van der Waals surface area contributed by atoms with Crippen LogP contribution < -0.4 is 5.32 Å². The van der Waals surface area contributed by atoms with Crippen LogP contribution in [0.25, 0.3) is 0 Å². The highest BCUT2D eigenvalue weighted by Crippen LogP contribution is 2.42. The molecule has 1 aliphatic carbocycles. The molecule has 26 heavy (non-hydrogen) atoms. The Morgan fingerprint density at radius 1 is 1.38 bits per heavy atom. The minimum absolute atomic E-state index is 0.0214. The van der Waals surface area contributed by atoms with Crippen molar-refractivity contribution in [1.29, 1.82) is 0 Å². The summed E-state index contributed by atoms with van der Waals surface area (Å²) >= 11 is 0. The molecule has 1 N–H and O–H groups in total. The van der Waals surface area contributed by atoms with Crippen molar-refractivity contribution in [2.45, 2.75) is 50.9 Å². The minimum Gasteiger partial charge on any atom is -0.379 e. The maximum Gasteiger partial charge on any atom is 0.435 e. The van der Waals surface area contributed by atoms with Crippen molar-refractivity contribution in [3.8, 4) is 0 Å². The molecule has 1 aromatic heterocycles. The molecule has 1 aromatic rings. The Balaban J connectivity index is 1.50. The van der Waals surface area contributed by atoms with Crippen molar-refractivity contribution in [1.82, 2.24) is 20.0 Å². The highest BCUT2D eigenvalue weighted by Gasteiger charge is 2.37. The van der Waals surface area contributed by atoms with Crippen LogP contribution in [0, 0.1) is 0 Å². The number of halogens is 3. The van der Waals surface area contributed by atoms with Crippen molar-refractivity contribution < 1.29 is 22.7 Å². The Kier molecular flexibility index (Phi) is 5.86. The lowest BCUT2D eigenvalue weighted by atomic mass is 10.2. The van der Waals surface area contributed by atoms with Crippen LogP contribution >= 0.6 is 0 Å². The fraction of sp³-hybridized carbons (Fsp3) is 0.765. The predicted molar refractivity (Wildman–Crippen MR) is 88.7 cm³/mol. The average Bonchev–Trinajstić information content (AvgIpc) is 3.32. The lowest BCUT2D eigenvalue weighted by molar-refractivity contribution is -0.141. The largest absolute Gasteiger partial charge is 0.435 e. The van der Waals surface area contributed by atoms with Crippen LogP contribution in [0.4, 0.5) is 13.2 Å². The van der Waals surface area contributed by atoms with E-state index in [4.69, 9.17) is 4.74 Å². The van der Waals surface area contributed by atoms with Gasteiger partial charge in [-0.3, -0.25) is 14.4 Å². The summed E-state index contributed by atoms with van der Waals surface area (Å²) in [5, 5.41) is 6.59. The van der Waals surface area contributed by atoms with Crippen LogP contribution in [-0.2, 0) is 22.3 Å². The molecule has 0 spiro atoms. The van der Waals surface area contributed by atoms with Crippen molar-refractivity contribution in [2.24, 2.45) is 0 Å². The van der Waals surface area contributed by atoms with Gasteiger partial charge >= 0.3 is 6.18 Å². The summed E-state index contributed by atoms with van der Waals surface area (Å²) in [4.78, 5) is 14.4. The second kappa shape index (κ2) is 7.96. The van der Waals surface area contributed by atoms with Gasteiger partial charge in [0.05, 0.1) is 13.2 Å². The van der Waals surface area contributed by atoms with Crippen LogP contribution in [0.2, 0.25) is 0 Å². The van der Waals surface area contributed by atoms with E-state index in [2.05, 4.69) is 15.3 Å². The first-order valence-electron chi connectivity index (χ1n) is 9.07. The van der Waals surface area contributed by atoms with E-state index in [0.717, 1.165) is 38.5 Å². The Bertz CT molecular complexity index is 622. The van der Waals surface area contributed by atoms with E-state index in [1.165, 1.54) is 4.68 Å². The first-order valence-corrected chi connectivity index (χ1v) is 9.07. The molecule has 0 aromatic carbocycles. The molecule has 2 heterocycles. The fourth-order valence-corrected chi connectivity index (χ4v) is 3.23. The zero-order valence-corrected chi connectivity index (χ0v) is 14.9.